The number of ether oxygens (including phenoxy) is 1. The molecule has 0 spiro atoms. The van der Waals surface area contributed by atoms with Gasteiger partial charge in [0.15, 0.2) is 0 Å². The highest BCUT2D eigenvalue weighted by atomic mass is 32.1. The van der Waals surface area contributed by atoms with Crippen LogP contribution in [-0.2, 0) is 0 Å². The van der Waals surface area contributed by atoms with E-state index in [0.29, 0.717) is 10.7 Å². The molecular formula is C16H10F3N3O2S. The fourth-order valence-electron chi connectivity index (χ4n) is 1.97. The first-order chi connectivity index (χ1) is 12.0. The van der Waals surface area contributed by atoms with E-state index >= 15 is 0 Å². The third-order valence-corrected chi connectivity index (χ3v) is 3.89. The lowest BCUT2D eigenvalue weighted by Crippen LogP contribution is -2.14. The van der Waals surface area contributed by atoms with Gasteiger partial charge in [0.05, 0.1) is 11.4 Å². The number of carbonyl (C=O) groups is 1. The molecule has 2 heterocycles. The Kier molecular flexibility index (Phi) is 4.94. The van der Waals surface area contributed by atoms with Crippen LogP contribution in [0.3, 0.4) is 0 Å². The van der Waals surface area contributed by atoms with Crippen molar-refractivity contribution in [2.75, 3.05) is 5.32 Å². The van der Waals surface area contributed by atoms with E-state index in [4.69, 9.17) is 0 Å². The topological polar surface area (TPSA) is 64.1 Å². The summed E-state index contributed by atoms with van der Waals surface area (Å²) in [6.07, 6.45) is 1.59. The molecule has 0 fully saturated rings. The Hall–Kier alpha value is -2.94. The summed E-state index contributed by atoms with van der Waals surface area (Å²) in [5.74, 6) is -1.72. The highest BCUT2D eigenvalue weighted by Gasteiger charge is 2.17. The molecule has 0 saturated heterocycles. The molecule has 0 aliphatic rings. The molecule has 2 aromatic heterocycles. The van der Waals surface area contributed by atoms with Crippen molar-refractivity contribution in [2.24, 2.45) is 0 Å². The van der Waals surface area contributed by atoms with Crippen LogP contribution in [0.4, 0.5) is 18.9 Å². The zero-order chi connectivity index (χ0) is 17.8. The first kappa shape index (κ1) is 16.9. The average Bonchev–Trinajstić information content (AvgIpc) is 3.08. The number of nitrogens with one attached hydrogen (secondary N) is 1. The lowest BCUT2D eigenvalue weighted by molar-refractivity contribution is -0.0494. The van der Waals surface area contributed by atoms with Crippen LogP contribution in [0.15, 0.2) is 48.0 Å². The lowest BCUT2D eigenvalue weighted by Gasteiger charge is -2.11. The van der Waals surface area contributed by atoms with Gasteiger partial charge in [0, 0.05) is 17.6 Å². The molecule has 25 heavy (non-hydrogen) atoms. The molecular weight excluding hydrogens is 355 g/mol. The summed E-state index contributed by atoms with van der Waals surface area (Å²) in [6, 6.07) is 8.12. The second-order valence-corrected chi connectivity index (χ2v) is 5.58. The Morgan fingerprint density at radius 1 is 1.24 bits per heavy atom. The van der Waals surface area contributed by atoms with Gasteiger partial charge in [-0.25, -0.2) is 9.37 Å². The molecule has 0 unspecified atom stereocenters. The van der Waals surface area contributed by atoms with E-state index in [-0.39, 0.29) is 17.1 Å². The van der Waals surface area contributed by atoms with Gasteiger partial charge >= 0.3 is 6.61 Å². The van der Waals surface area contributed by atoms with Crippen LogP contribution in [0.5, 0.6) is 5.75 Å². The van der Waals surface area contributed by atoms with Crippen LogP contribution in [0.2, 0.25) is 0 Å². The molecule has 1 amide bonds. The molecule has 128 valence electrons. The Morgan fingerprint density at radius 3 is 2.80 bits per heavy atom. The quantitative estimate of drug-likeness (QED) is 0.736. The van der Waals surface area contributed by atoms with Gasteiger partial charge < -0.3 is 10.1 Å². The van der Waals surface area contributed by atoms with Gasteiger partial charge in [-0.3, -0.25) is 9.78 Å². The number of carbonyl (C=O) groups excluding carboxylic acids is 1. The molecule has 1 N–H and O–H groups in total. The predicted molar refractivity (Wildman–Crippen MR) is 86.3 cm³/mol. The van der Waals surface area contributed by atoms with Crippen molar-refractivity contribution < 1.29 is 22.7 Å². The minimum atomic E-state index is -3.10. The SMILES string of the molecule is O=C(Nc1cc(F)ccc1OC(F)F)c1csc(-c2ccccn2)n1. The number of nitrogens with zero attached hydrogens (tertiary/aromatic N) is 2. The minimum absolute atomic E-state index is 0.0536. The van der Waals surface area contributed by atoms with E-state index in [1.165, 1.54) is 16.7 Å². The molecule has 0 saturated carbocycles. The highest BCUT2D eigenvalue weighted by molar-refractivity contribution is 7.13. The molecule has 0 bridgehead atoms. The smallest absolute Gasteiger partial charge is 0.387 e. The zero-order valence-electron chi connectivity index (χ0n) is 12.4. The molecule has 0 atom stereocenters. The number of benzene rings is 1. The van der Waals surface area contributed by atoms with Gasteiger partial charge in [-0.1, -0.05) is 6.07 Å². The van der Waals surface area contributed by atoms with E-state index in [9.17, 15) is 18.0 Å². The summed E-state index contributed by atoms with van der Waals surface area (Å²) in [6.45, 7) is -3.10. The lowest BCUT2D eigenvalue weighted by atomic mass is 10.2. The number of thiazole rings is 1. The van der Waals surface area contributed by atoms with Gasteiger partial charge in [0.25, 0.3) is 5.91 Å². The molecule has 5 nitrogen and oxygen atoms in total. The van der Waals surface area contributed by atoms with Crippen LogP contribution in [0.1, 0.15) is 10.5 Å². The van der Waals surface area contributed by atoms with Gasteiger partial charge in [-0.2, -0.15) is 8.78 Å². The van der Waals surface area contributed by atoms with Crippen molar-refractivity contribution in [1.82, 2.24) is 9.97 Å². The Balaban J connectivity index is 1.81. The fourth-order valence-corrected chi connectivity index (χ4v) is 2.75. The summed E-state index contributed by atoms with van der Waals surface area (Å²) in [7, 11) is 0. The van der Waals surface area contributed by atoms with Gasteiger partial charge in [0.2, 0.25) is 0 Å². The van der Waals surface area contributed by atoms with Gasteiger partial charge in [-0.05, 0) is 24.3 Å². The maximum absolute atomic E-state index is 13.3. The van der Waals surface area contributed by atoms with E-state index < -0.39 is 18.3 Å². The number of hydrogen-bond donors (Lipinski definition) is 1. The zero-order valence-corrected chi connectivity index (χ0v) is 13.3. The summed E-state index contributed by atoms with van der Waals surface area (Å²) in [4.78, 5) is 20.5. The largest absolute Gasteiger partial charge is 0.433 e. The van der Waals surface area contributed by atoms with Gasteiger partial charge in [-0.15, -0.1) is 11.3 Å². The third-order valence-electron chi connectivity index (χ3n) is 3.03. The maximum Gasteiger partial charge on any atom is 0.387 e. The Labute approximate surface area is 144 Å². The maximum atomic E-state index is 13.3. The van der Waals surface area contributed by atoms with Crippen molar-refractivity contribution in [2.45, 2.75) is 6.61 Å². The molecule has 3 aromatic rings. The highest BCUT2D eigenvalue weighted by Crippen LogP contribution is 2.28. The Morgan fingerprint density at radius 2 is 2.08 bits per heavy atom. The number of hydrogen-bond acceptors (Lipinski definition) is 5. The molecule has 3 rings (SSSR count). The molecule has 0 radical (unpaired) electrons. The van der Waals surface area contributed by atoms with Crippen molar-refractivity contribution in [3.8, 4) is 16.5 Å². The number of anilines is 1. The van der Waals surface area contributed by atoms with E-state index in [1.54, 1.807) is 24.4 Å². The Bertz CT molecular complexity index is 887. The fraction of sp³-hybridized carbons (Fsp3) is 0.0625. The number of alkyl halides is 2. The monoisotopic (exact) mass is 365 g/mol. The molecule has 9 heteroatoms. The van der Waals surface area contributed by atoms with Crippen LogP contribution in [0.25, 0.3) is 10.7 Å². The number of halogens is 3. The second kappa shape index (κ2) is 7.31. The number of aromatic nitrogens is 2. The van der Waals surface area contributed by atoms with Crippen molar-refractivity contribution >= 4 is 22.9 Å². The van der Waals surface area contributed by atoms with Crippen LogP contribution >= 0.6 is 11.3 Å². The number of amides is 1. The van der Waals surface area contributed by atoms with Crippen LogP contribution in [-0.4, -0.2) is 22.5 Å². The minimum Gasteiger partial charge on any atom is -0.433 e. The first-order valence-corrected chi connectivity index (χ1v) is 7.83. The molecule has 0 aliphatic carbocycles. The van der Waals surface area contributed by atoms with Crippen molar-refractivity contribution in [3.05, 3.63) is 59.5 Å². The van der Waals surface area contributed by atoms with E-state index in [0.717, 1.165) is 18.2 Å². The summed E-state index contributed by atoms with van der Waals surface area (Å²) < 4.78 is 42.4. The standard InChI is InChI=1S/C16H10F3N3O2S/c17-9-4-5-13(24-16(18)19)11(7-9)21-14(23)12-8-25-15(22-12)10-3-1-2-6-20-10/h1-8,16H,(H,21,23). The normalized spacial score (nSPS) is 10.7. The molecule has 1 aromatic carbocycles. The predicted octanol–water partition coefficient (Wildman–Crippen LogP) is 4.20. The van der Waals surface area contributed by atoms with Crippen LogP contribution in [0, 0.1) is 5.82 Å². The van der Waals surface area contributed by atoms with E-state index in [2.05, 4.69) is 20.0 Å². The summed E-state index contributed by atoms with van der Waals surface area (Å²) in [5, 5.41) is 4.34. The summed E-state index contributed by atoms with van der Waals surface area (Å²) in [5.41, 5.74) is 0.439. The van der Waals surface area contributed by atoms with E-state index in [1.807, 2.05) is 0 Å². The summed E-state index contributed by atoms with van der Waals surface area (Å²) >= 11 is 1.20. The number of rotatable bonds is 5. The van der Waals surface area contributed by atoms with Crippen molar-refractivity contribution in [1.29, 1.82) is 0 Å². The second-order valence-electron chi connectivity index (χ2n) is 4.73. The third kappa shape index (κ3) is 4.13. The molecule has 0 aliphatic heterocycles. The first-order valence-electron chi connectivity index (χ1n) is 6.95. The average molecular weight is 365 g/mol. The van der Waals surface area contributed by atoms with Gasteiger partial charge in [0.1, 0.15) is 22.3 Å². The van der Waals surface area contributed by atoms with Crippen molar-refractivity contribution in [3.63, 3.8) is 0 Å². The van der Waals surface area contributed by atoms with Crippen LogP contribution < -0.4 is 10.1 Å². The number of pyridine rings is 1.